The van der Waals surface area contributed by atoms with Crippen LogP contribution in [0.25, 0.3) is 0 Å². The van der Waals surface area contributed by atoms with Crippen molar-refractivity contribution in [2.45, 2.75) is 30.6 Å². The number of carbonyl (C=O) groups is 1. The highest BCUT2D eigenvalue weighted by atomic mass is 32.2. The molecule has 0 aliphatic heterocycles. The van der Waals surface area contributed by atoms with Crippen LogP contribution < -0.4 is 4.90 Å². The van der Waals surface area contributed by atoms with Gasteiger partial charge in [0.25, 0.3) is 0 Å². The van der Waals surface area contributed by atoms with Gasteiger partial charge in [0.05, 0.1) is 5.69 Å². The normalized spacial score (nSPS) is 12.2. The van der Waals surface area contributed by atoms with Crippen molar-refractivity contribution in [3.63, 3.8) is 0 Å². The Morgan fingerprint density at radius 2 is 2.11 bits per heavy atom. The standard InChI is InChI=1S/C13H19NO3S/c1-4-12(17-5-2)18-11-9-7-6-8-10(11)14(3)13(15)16/h6-9,12H,4-5H2,1-3H3,(H,15,16). The lowest BCUT2D eigenvalue weighted by molar-refractivity contribution is 0.122. The van der Waals surface area contributed by atoms with Gasteiger partial charge in [-0.15, -0.1) is 0 Å². The number of nitrogens with zero attached hydrogens (tertiary/aromatic N) is 1. The maximum absolute atomic E-state index is 11.0. The van der Waals surface area contributed by atoms with E-state index in [0.717, 1.165) is 11.3 Å². The number of para-hydroxylation sites is 1. The number of hydrogen-bond donors (Lipinski definition) is 1. The first-order valence-electron chi connectivity index (χ1n) is 5.94. The fourth-order valence-corrected chi connectivity index (χ4v) is 2.64. The molecule has 5 heteroatoms. The second kappa shape index (κ2) is 7.28. The number of rotatable bonds is 6. The van der Waals surface area contributed by atoms with E-state index >= 15 is 0 Å². The Balaban J connectivity index is 2.91. The zero-order valence-corrected chi connectivity index (χ0v) is 11.7. The molecule has 1 N–H and O–H groups in total. The van der Waals surface area contributed by atoms with Crippen molar-refractivity contribution >= 4 is 23.5 Å². The van der Waals surface area contributed by atoms with Gasteiger partial charge in [0.2, 0.25) is 0 Å². The zero-order chi connectivity index (χ0) is 13.5. The SMILES string of the molecule is CCOC(CC)Sc1ccccc1N(C)C(=O)O. The van der Waals surface area contributed by atoms with Crippen molar-refractivity contribution in [2.75, 3.05) is 18.6 Å². The van der Waals surface area contributed by atoms with Crippen LogP contribution in [0.1, 0.15) is 20.3 Å². The Hall–Kier alpha value is -1.20. The molecular weight excluding hydrogens is 250 g/mol. The van der Waals surface area contributed by atoms with Crippen LogP contribution >= 0.6 is 11.8 Å². The Labute approximate surface area is 112 Å². The van der Waals surface area contributed by atoms with Crippen LogP contribution in [-0.4, -0.2) is 30.3 Å². The highest BCUT2D eigenvalue weighted by Gasteiger charge is 2.16. The summed E-state index contributed by atoms with van der Waals surface area (Å²) < 4.78 is 5.59. The van der Waals surface area contributed by atoms with E-state index in [9.17, 15) is 4.79 Å². The summed E-state index contributed by atoms with van der Waals surface area (Å²) in [6.07, 6.45) is -0.0867. The molecule has 1 atom stereocenters. The van der Waals surface area contributed by atoms with Crippen LogP contribution in [0.15, 0.2) is 29.2 Å². The molecule has 100 valence electrons. The first kappa shape index (κ1) is 14.9. The van der Waals surface area contributed by atoms with Gasteiger partial charge in [-0.2, -0.15) is 0 Å². The summed E-state index contributed by atoms with van der Waals surface area (Å²) >= 11 is 1.56. The Kier molecular flexibility index (Phi) is 6.01. The number of anilines is 1. The second-order valence-corrected chi connectivity index (χ2v) is 4.92. The van der Waals surface area contributed by atoms with Gasteiger partial charge >= 0.3 is 6.09 Å². The van der Waals surface area contributed by atoms with E-state index in [1.165, 1.54) is 4.90 Å². The molecule has 0 fully saturated rings. The molecular formula is C13H19NO3S. The second-order valence-electron chi connectivity index (χ2n) is 3.72. The minimum absolute atomic E-state index is 0.0540. The van der Waals surface area contributed by atoms with Crippen LogP contribution in [0.5, 0.6) is 0 Å². The molecule has 1 aromatic rings. The van der Waals surface area contributed by atoms with Crippen LogP contribution in [-0.2, 0) is 4.74 Å². The largest absolute Gasteiger partial charge is 0.465 e. The number of amides is 1. The molecule has 0 saturated carbocycles. The van der Waals surface area contributed by atoms with Gasteiger partial charge in [0, 0.05) is 18.6 Å². The van der Waals surface area contributed by atoms with Crippen molar-refractivity contribution in [2.24, 2.45) is 0 Å². The lowest BCUT2D eigenvalue weighted by atomic mass is 10.3. The van der Waals surface area contributed by atoms with Gasteiger partial charge in [-0.25, -0.2) is 4.79 Å². The molecule has 1 aromatic carbocycles. The minimum atomic E-state index is -0.965. The van der Waals surface area contributed by atoms with Gasteiger partial charge in [-0.05, 0) is 25.5 Å². The van der Waals surface area contributed by atoms with Gasteiger partial charge in [0.15, 0.2) is 0 Å². The third-order valence-electron chi connectivity index (χ3n) is 2.46. The van der Waals surface area contributed by atoms with Crippen LogP contribution in [0, 0.1) is 0 Å². The molecule has 0 aromatic heterocycles. The van der Waals surface area contributed by atoms with E-state index in [-0.39, 0.29) is 5.44 Å². The highest BCUT2D eigenvalue weighted by Crippen LogP contribution is 2.34. The van der Waals surface area contributed by atoms with Crippen molar-refractivity contribution in [1.82, 2.24) is 0 Å². The number of ether oxygens (including phenoxy) is 1. The number of benzene rings is 1. The van der Waals surface area contributed by atoms with E-state index in [1.807, 2.05) is 25.1 Å². The third kappa shape index (κ3) is 3.92. The highest BCUT2D eigenvalue weighted by molar-refractivity contribution is 8.00. The molecule has 1 unspecified atom stereocenters. The lowest BCUT2D eigenvalue weighted by Gasteiger charge is -2.20. The van der Waals surface area contributed by atoms with Gasteiger partial charge in [-0.3, -0.25) is 4.90 Å². The van der Waals surface area contributed by atoms with Gasteiger partial charge in [-0.1, -0.05) is 30.8 Å². The molecule has 0 heterocycles. The van der Waals surface area contributed by atoms with Crippen LogP contribution in [0.4, 0.5) is 10.5 Å². The molecule has 0 spiro atoms. The third-order valence-corrected chi connectivity index (χ3v) is 3.79. The predicted molar refractivity (Wildman–Crippen MR) is 74.4 cm³/mol. The maximum Gasteiger partial charge on any atom is 0.411 e. The summed E-state index contributed by atoms with van der Waals surface area (Å²) in [4.78, 5) is 13.2. The minimum Gasteiger partial charge on any atom is -0.465 e. The summed E-state index contributed by atoms with van der Waals surface area (Å²) in [5, 5.41) is 9.04. The van der Waals surface area contributed by atoms with E-state index < -0.39 is 6.09 Å². The number of thioether (sulfide) groups is 1. The topological polar surface area (TPSA) is 49.8 Å². The Morgan fingerprint density at radius 1 is 1.44 bits per heavy atom. The molecule has 18 heavy (non-hydrogen) atoms. The molecule has 1 rings (SSSR count). The van der Waals surface area contributed by atoms with Crippen molar-refractivity contribution < 1.29 is 14.6 Å². The zero-order valence-electron chi connectivity index (χ0n) is 10.9. The Morgan fingerprint density at radius 3 is 2.67 bits per heavy atom. The summed E-state index contributed by atoms with van der Waals surface area (Å²) in [6.45, 7) is 4.66. The fourth-order valence-electron chi connectivity index (χ4n) is 1.50. The van der Waals surface area contributed by atoms with Crippen molar-refractivity contribution in [1.29, 1.82) is 0 Å². The molecule has 0 radical (unpaired) electrons. The Bertz CT molecular complexity index is 398. The molecule has 0 saturated heterocycles. The fraction of sp³-hybridized carbons (Fsp3) is 0.462. The van der Waals surface area contributed by atoms with Gasteiger partial charge in [0.1, 0.15) is 5.44 Å². The molecule has 0 aliphatic rings. The van der Waals surface area contributed by atoms with E-state index in [1.54, 1.807) is 24.9 Å². The quantitative estimate of drug-likeness (QED) is 0.632. The maximum atomic E-state index is 11.0. The van der Waals surface area contributed by atoms with Crippen molar-refractivity contribution in [3.8, 4) is 0 Å². The molecule has 1 amide bonds. The van der Waals surface area contributed by atoms with Crippen LogP contribution in [0.3, 0.4) is 0 Å². The summed E-state index contributed by atoms with van der Waals surface area (Å²) in [6, 6.07) is 7.46. The van der Waals surface area contributed by atoms with E-state index in [2.05, 4.69) is 6.92 Å². The average molecular weight is 269 g/mol. The molecule has 0 bridgehead atoms. The summed E-state index contributed by atoms with van der Waals surface area (Å²) in [5.74, 6) is 0. The van der Waals surface area contributed by atoms with E-state index in [0.29, 0.717) is 12.3 Å². The lowest BCUT2D eigenvalue weighted by Crippen LogP contribution is -2.24. The first-order chi connectivity index (χ1) is 8.60. The average Bonchev–Trinajstić information content (AvgIpc) is 2.37. The monoisotopic (exact) mass is 269 g/mol. The predicted octanol–water partition coefficient (Wildman–Crippen LogP) is 3.67. The first-order valence-corrected chi connectivity index (χ1v) is 6.82. The van der Waals surface area contributed by atoms with Crippen molar-refractivity contribution in [3.05, 3.63) is 24.3 Å². The summed E-state index contributed by atoms with van der Waals surface area (Å²) in [7, 11) is 1.54. The number of hydrogen-bond acceptors (Lipinski definition) is 3. The molecule has 4 nitrogen and oxygen atoms in total. The van der Waals surface area contributed by atoms with E-state index in [4.69, 9.17) is 9.84 Å². The summed E-state index contributed by atoms with van der Waals surface area (Å²) in [5.41, 5.74) is 0.742. The molecule has 0 aliphatic carbocycles. The smallest absolute Gasteiger partial charge is 0.411 e. The number of carboxylic acid groups (broad SMARTS) is 1. The van der Waals surface area contributed by atoms with Gasteiger partial charge < -0.3 is 9.84 Å². The van der Waals surface area contributed by atoms with Crippen LogP contribution in [0.2, 0.25) is 0 Å².